The summed E-state index contributed by atoms with van der Waals surface area (Å²) in [4.78, 5) is 19.3. The van der Waals surface area contributed by atoms with Crippen LogP contribution in [0.3, 0.4) is 0 Å². The summed E-state index contributed by atoms with van der Waals surface area (Å²) in [5, 5.41) is 5.43. The molecule has 31 heavy (non-hydrogen) atoms. The van der Waals surface area contributed by atoms with E-state index in [9.17, 15) is 9.18 Å². The number of hydrogen-bond donors (Lipinski definition) is 1. The molecule has 1 aliphatic rings. The zero-order valence-electron chi connectivity index (χ0n) is 16.7. The van der Waals surface area contributed by atoms with Crippen LogP contribution in [-0.2, 0) is 11.8 Å². The molecule has 4 aromatic rings. The Balaban J connectivity index is 1.62. The lowest BCUT2D eigenvalue weighted by atomic mass is 10.0. The Morgan fingerprint density at radius 1 is 1.19 bits per heavy atom. The molecule has 7 nitrogen and oxygen atoms in total. The summed E-state index contributed by atoms with van der Waals surface area (Å²) in [7, 11) is 1.75. The molecular formula is C22H19F2N5O2. The number of nitrogens with zero attached hydrogens (tertiary/aromatic N) is 4. The van der Waals surface area contributed by atoms with Crippen molar-refractivity contribution in [2.75, 3.05) is 25.5 Å². The molecule has 1 amide bonds. The van der Waals surface area contributed by atoms with E-state index in [2.05, 4.69) is 10.1 Å². The highest BCUT2D eigenvalue weighted by Gasteiger charge is 2.31. The van der Waals surface area contributed by atoms with Crippen molar-refractivity contribution in [2.45, 2.75) is 6.04 Å². The van der Waals surface area contributed by atoms with Crippen LogP contribution in [0.1, 0.15) is 22.0 Å². The van der Waals surface area contributed by atoms with Gasteiger partial charge in [-0.15, -0.1) is 0 Å². The van der Waals surface area contributed by atoms with Gasteiger partial charge in [0.2, 0.25) is 0 Å². The number of carbonyl (C=O) groups is 1. The Bertz CT molecular complexity index is 1320. The van der Waals surface area contributed by atoms with Gasteiger partial charge < -0.3 is 15.4 Å². The molecule has 1 fully saturated rings. The third-order valence-corrected chi connectivity index (χ3v) is 5.67. The highest BCUT2D eigenvalue weighted by atomic mass is 19.1. The summed E-state index contributed by atoms with van der Waals surface area (Å²) in [6.07, 6.45) is 1.59. The number of aromatic nitrogens is 3. The summed E-state index contributed by atoms with van der Waals surface area (Å²) in [6.45, 7) is 0.874. The standard InChI is InChI=1S/C22H19F2N5O2/c1-28-20-15-8-14(17(24)9-18(15)27-21(25)16(20)10-26-28)22(30)29-6-7-31-11-19(29)12-2-4-13(23)5-3-12/h2-5,8-10,19H,6-7,11H2,1H3,(H2,25,27)/t19-/m1/s1. The first kappa shape index (κ1) is 19.4. The number of carbonyl (C=O) groups excluding carboxylic acids is 1. The Morgan fingerprint density at radius 3 is 2.74 bits per heavy atom. The summed E-state index contributed by atoms with van der Waals surface area (Å²) >= 11 is 0. The van der Waals surface area contributed by atoms with E-state index >= 15 is 4.39 Å². The Morgan fingerprint density at radius 2 is 1.97 bits per heavy atom. The maximum Gasteiger partial charge on any atom is 0.257 e. The highest BCUT2D eigenvalue weighted by molar-refractivity contribution is 6.10. The number of rotatable bonds is 2. The van der Waals surface area contributed by atoms with Crippen molar-refractivity contribution >= 4 is 33.5 Å². The second kappa shape index (κ2) is 7.28. The van der Waals surface area contributed by atoms with Gasteiger partial charge in [0, 0.05) is 25.0 Å². The summed E-state index contributed by atoms with van der Waals surface area (Å²) in [5.41, 5.74) is 7.66. The molecule has 0 aliphatic carbocycles. The van der Waals surface area contributed by atoms with Crippen molar-refractivity contribution in [3.63, 3.8) is 0 Å². The molecule has 1 aliphatic heterocycles. The van der Waals surface area contributed by atoms with Crippen LogP contribution in [0, 0.1) is 11.6 Å². The molecule has 158 valence electrons. The number of pyridine rings is 1. The van der Waals surface area contributed by atoms with Crippen LogP contribution in [0.4, 0.5) is 14.6 Å². The van der Waals surface area contributed by atoms with Crippen molar-refractivity contribution in [1.82, 2.24) is 19.7 Å². The molecule has 1 atom stereocenters. The normalized spacial score (nSPS) is 16.9. The fourth-order valence-electron chi connectivity index (χ4n) is 4.11. The molecule has 0 spiro atoms. The van der Waals surface area contributed by atoms with E-state index in [1.54, 1.807) is 35.0 Å². The molecule has 3 heterocycles. The predicted octanol–water partition coefficient (Wildman–Crippen LogP) is 3.20. The zero-order chi connectivity index (χ0) is 21.7. The van der Waals surface area contributed by atoms with E-state index in [1.807, 2.05) is 0 Å². The number of halogens is 2. The summed E-state index contributed by atoms with van der Waals surface area (Å²) < 4.78 is 35.6. The predicted molar refractivity (Wildman–Crippen MR) is 111 cm³/mol. The summed E-state index contributed by atoms with van der Waals surface area (Å²) in [6, 6.07) is 8.16. The number of amides is 1. The molecule has 5 rings (SSSR count). The molecule has 0 unspecified atom stereocenters. The lowest BCUT2D eigenvalue weighted by Gasteiger charge is -2.36. The number of fused-ring (bicyclic) bond motifs is 3. The number of anilines is 1. The van der Waals surface area contributed by atoms with E-state index in [1.165, 1.54) is 24.3 Å². The zero-order valence-corrected chi connectivity index (χ0v) is 16.7. The first-order valence-electron chi connectivity index (χ1n) is 9.78. The number of ether oxygens (including phenoxy) is 1. The fourth-order valence-corrected chi connectivity index (χ4v) is 4.11. The molecular weight excluding hydrogens is 404 g/mol. The Labute approximate surface area is 176 Å². The van der Waals surface area contributed by atoms with Crippen molar-refractivity contribution in [2.24, 2.45) is 7.05 Å². The summed E-state index contributed by atoms with van der Waals surface area (Å²) in [5.74, 6) is -1.27. The third kappa shape index (κ3) is 3.17. The molecule has 1 saturated heterocycles. The van der Waals surface area contributed by atoms with Crippen LogP contribution in [0.2, 0.25) is 0 Å². The minimum absolute atomic E-state index is 0.0735. The van der Waals surface area contributed by atoms with Crippen molar-refractivity contribution in [1.29, 1.82) is 0 Å². The number of nitrogen functional groups attached to an aromatic ring is 1. The highest BCUT2D eigenvalue weighted by Crippen LogP contribution is 2.32. The third-order valence-electron chi connectivity index (χ3n) is 5.67. The smallest absolute Gasteiger partial charge is 0.257 e. The number of hydrogen-bond acceptors (Lipinski definition) is 5. The molecule has 2 N–H and O–H groups in total. The van der Waals surface area contributed by atoms with Crippen molar-refractivity contribution < 1.29 is 18.3 Å². The molecule has 2 aromatic heterocycles. The first-order chi connectivity index (χ1) is 14.9. The lowest BCUT2D eigenvalue weighted by molar-refractivity contribution is -0.00293. The molecule has 0 bridgehead atoms. The van der Waals surface area contributed by atoms with Crippen molar-refractivity contribution in [3.8, 4) is 0 Å². The first-order valence-corrected chi connectivity index (χ1v) is 9.78. The lowest BCUT2D eigenvalue weighted by Crippen LogP contribution is -2.43. The van der Waals surface area contributed by atoms with Gasteiger partial charge in [-0.1, -0.05) is 12.1 Å². The van der Waals surface area contributed by atoms with E-state index in [4.69, 9.17) is 10.5 Å². The van der Waals surface area contributed by atoms with Gasteiger partial charge in [-0.05, 0) is 23.8 Å². The largest absolute Gasteiger partial charge is 0.383 e. The van der Waals surface area contributed by atoms with Crippen LogP contribution in [0.25, 0.3) is 21.8 Å². The van der Waals surface area contributed by atoms with Gasteiger partial charge in [-0.3, -0.25) is 9.48 Å². The van der Waals surface area contributed by atoms with Crippen LogP contribution >= 0.6 is 0 Å². The minimum Gasteiger partial charge on any atom is -0.383 e. The van der Waals surface area contributed by atoms with E-state index in [-0.39, 0.29) is 23.8 Å². The van der Waals surface area contributed by atoms with E-state index in [0.29, 0.717) is 35.0 Å². The Kier molecular flexibility index (Phi) is 4.55. The second-order valence-electron chi connectivity index (χ2n) is 7.52. The average molecular weight is 423 g/mol. The van der Waals surface area contributed by atoms with Crippen molar-refractivity contribution in [3.05, 3.63) is 65.4 Å². The van der Waals surface area contributed by atoms with E-state index in [0.717, 1.165) is 5.56 Å². The Hall–Kier alpha value is -3.59. The van der Waals surface area contributed by atoms with Gasteiger partial charge >= 0.3 is 0 Å². The number of benzene rings is 2. The van der Waals surface area contributed by atoms with Crippen LogP contribution in [0.15, 0.2) is 42.6 Å². The van der Waals surface area contributed by atoms with Gasteiger partial charge in [0.15, 0.2) is 0 Å². The van der Waals surface area contributed by atoms with Crippen LogP contribution in [0.5, 0.6) is 0 Å². The molecule has 9 heteroatoms. The molecule has 2 aromatic carbocycles. The number of aryl methyl sites for hydroxylation is 1. The maximum atomic E-state index is 15.0. The number of morpholine rings is 1. The average Bonchev–Trinajstić information content (AvgIpc) is 3.16. The fraction of sp³-hybridized carbons (Fsp3) is 0.227. The quantitative estimate of drug-likeness (QED) is 0.535. The van der Waals surface area contributed by atoms with Crippen LogP contribution < -0.4 is 5.73 Å². The van der Waals surface area contributed by atoms with Gasteiger partial charge in [-0.25, -0.2) is 13.8 Å². The minimum atomic E-state index is -0.685. The van der Waals surface area contributed by atoms with Gasteiger partial charge in [-0.2, -0.15) is 5.10 Å². The number of nitrogens with two attached hydrogens (primary N) is 1. The van der Waals surface area contributed by atoms with Crippen LogP contribution in [-0.4, -0.2) is 45.3 Å². The van der Waals surface area contributed by atoms with Gasteiger partial charge in [0.25, 0.3) is 5.91 Å². The monoisotopic (exact) mass is 423 g/mol. The molecule has 0 saturated carbocycles. The second-order valence-corrected chi connectivity index (χ2v) is 7.52. The van der Waals surface area contributed by atoms with Gasteiger partial charge in [0.1, 0.15) is 17.5 Å². The van der Waals surface area contributed by atoms with E-state index < -0.39 is 17.8 Å². The SMILES string of the molecule is Cn1ncc2c(N)nc3cc(F)c(C(=O)N4CCOC[C@@H]4c4ccc(F)cc4)cc3c21. The topological polar surface area (TPSA) is 86.3 Å². The maximum absolute atomic E-state index is 15.0. The molecule has 0 radical (unpaired) electrons. The van der Waals surface area contributed by atoms with Gasteiger partial charge in [0.05, 0.1) is 47.4 Å².